The van der Waals surface area contributed by atoms with Crippen LogP contribution in [0.15, 0.2) is 55.1 Å². The van der Waals surface area contributed by atoms with Crippen molar-refractivity contribution in [3.63, 3.8) is 0 Å². The molecule has 0 saturated heterocycles. The van der Waals surface area contributed by atoms with Crippen molar-refractivity contribution in [2.45, 2.75) is 52.7 Å². The van der Waals surface area contributed by atoms with Gasteiger partial charge in [0.1, 0.15) is 17.0 Å². The Labute approximate surface area is 203 Å². The van der Waals surface area contributed by atoms with Crippen molar-refractivity contribution in [2.24, 2.45) is 0 Å². The van der Waals surface area contributed by atoms with Crippen molar-refractivity contribution < 1.29 is 23.5 Å². The number of carbonyl (C=O) groups excluding carboxylic acids is 2. The molecule has 1 aromatic carbocycles. The molecule has 0 saturated carbocycles. The summed E-state index contributed by atoms with van der Waals surface area (Å²) < 4.78 is 24.8. The molecule has 2 amide bonds. The number of hydrogen-bond donors (Lipinski definition) is 1. The van der Waals surface area contributed by atoms with Gasteiger partial charge in [0.15, 0.2) is 5.82 Å². The van der Waals surface area contributed by atoms with Crippen LogP contribution in [0.2, 0.25) is 0 Å². The van der Waals surface area contributed by atoms with E-state index in [-0.39, 0.29) is 11.5 Å². The molecule has 0 unspecified atom stereocenters. The fourth-order valence-corrected chi connectivity index (χ4v) is 2.93. The zero-order chi connectivity index (χ0) is 25.8. The first-order valence-electron chi connectivity index (χ1n) is 10.9. The van der Waals surface area contributed by atoms with E-state index in [1.54, 1.807) is 53.7 Å². The Bertz CT molecular complexity index is 1220. The van der Waals surface area contributed by atoms with Crippen molar-refractivity contribution in [1.82, 2.24) is 15.0 Å². The van der Waals surface area contributed by atoms with Gasteiger partial charge in [-0.2, -0.15) is 0 Å². The Balaban J connectivity index is 1.96. The van der Waals surface area contributed by atoms with Crippen molar-refractivity contribution >= 4 is 29.4 Å². The molecule has 2 heterocycles. The number of benzene rings is 1. The van der Waals surface area contributed by atoms with E-state index in [4.69, 9.17) is 9.47 Å². The smallest absolute Gasteiger partial charge is 0.420 e. The summed E-state index contributed by atoms with van der Waals surface area (Å²) in [6.07, 6.45) is 4.48. The van der Waals surface area contributed by atoms with Crippen LogP contribution in [0, 0.1) is 5.82 Å². The maximum absolute atomic E-state index is 14.0. The second-order valence-corrected chi connectivity index (χ2v) is 9.65. The third kappa shape index (κ3) is 7.46. The number of aromatic nitrogens is 3. The quantitative estimate of drug-likeness (QED) is 0.480. The van der Waals surface area contributed by atoms with E-state index in [0.717, 1.165) is 4.90 Å². The molecule has 184 valence electrons. The van der Waals surface area contributed by atoms with E-state index < -0.39 is 29.2 Å². The van der Waals surface area contributed by atoms with Gasteiger partial charge in [-0.15, -0.1) is 0 Å². The van der Waals surface area contributed by atoms with E-state index in [0.29, 0.717) is 16.9 Å². The molecule has 2 aromatic heterocycles. The lowest BCUT2D eigenvalue weighted by Gasteiger charge is -2.26. The Kier molecular flexibility index (Phi) is 7.33. The third-order valence-electron chi connectivity index (χ3n) is 4.17. The number of hydrogen-bond acceptors (Lipinski definition) is 7. The van der Waals surface area contributed by atoms with E-state index >= 15 is 0 Å². The topological polar surface area (TPSA) is 107 Å². The van der Waals surface area contributed by atoms with Crippen LogP contribution in [-0.4, -0.2) is 38.3 Å². The standard InChI is InChI=1S/C25H28FN5O4/c1-24(2,3)34-22(32)29-18-10-16(12-27-13-18)20-14-28-15-21(30-20)31(23(33)35-25(4,5)6)19-9-7-8-17(26)11-19/h7-15H,1-6H3,(H,29,32). The summed E-state index contributed by atoms with van der Waals surface area (Å²) in [5.74, 6) is -0.404. The van der Waals surface area contributed by atoms with Gasteiger partial charge in [-0.3, -0.25) is 15.3 Å². The zero-order valence-electron chi connectivity index (χ0n) is 20.5. The van der Waals surface area contributed by atoms with Gasteiger partial charge in [0, 0.05) is 11.8 Å². The number of amides is 2. The first kappa shape index (κ1) is 25.5. The molecule has 0 aliphatic heterocycles. The molecule has 0 spiro atoms. The van der Waals surface area contributed by atoms with Gasteiger partial charge < -0.3 is 9.47 Å². The molecule has 35 heavy (non-hydrogen) atoms. The molecular formula is C25H28FN5O4. The lowest BCUT2D eigenvalue weighted by Crippen LogP contribution is -2.34. The van der Waals surface area contributed by atoms with Crippen LogP contribution in [0.25, 0.3) is 11.3 Å². The van der Waals surface area contributed by atoms with Gasteiger partial charge in [0.05, 0.1) is 35.7 Å². The molecular weight excluding hydrogens is 453 g/mol. The van der Waals surface area contributed by atoms with Crippen LogP contribution < -0.4 is 10.2 Å². The Morgan fingerprint density at radius 2 is 1.60 bits per heavy atom. The summed E-state index contributed by atoms with van der Waals surface area (Å²) in [7, 11) is 0. The van der Waals surface area contributed by atoms with Crippen molar-refractivity contribution in [1.29, 1.82) is 0 Å². The molecule has 9 nitrogen and oxygen atoms in total. The minimum atomic E-state index is -0.792. The average Bonchev–Trinajstić information content (AvgIpc) is 2.72. The average molecular weight is 482 g/mol. The molecule has 0 aliphatic carbocycles. The van der Waals surface area contributed by atoms with Gasteiger partial charge in [-0.25, -0.2) is 23.9 Å². The fourth-order valence-electron chi connectivity index (χ4n) is 2.93. The number of nitrogens with one attached hydrogen (secondary N) is 1. The van der Waals surface area contributed by atoms with Crippen LogP contribution in [0.1, 0.15) is 41.5 Å². The van der Waals surface area contributed by atoms with Gasteiger partial charge in [-0.1, -0.05) is 6.07 Å². The molecule has 10 heteroatoms. The zero-order valence-corrected chi connectivity index (χ0v) is 20.5. The Hall–Kier alpha value is -4.08. The molecule has 1 N–H and O–H groups in total. The van der Waals surface area contributed by atoms with Crippen LogP contribution in [0.3, 0.4) is 0 Å². The number of rotatable bonds is 4. The van der Waals surface area contributed by atoms with Crippen LogP contribution in [0.4, 0.5) is 31.2 Å². The number of ether oxygens (including phenoxy) is 2. The van der Waals surface area contributed by atoms with Crippen LogP contribution in [0.5, 0.6) is 0 Å². The number of pyridine rings is 1. The highest BCUT2D eigenvalue weighted by atomic mass is 19.1. The normalized spacial score (nSPS) is 11.5. The lowest BCUT2D eigenvalue weighted by molar-refractivity contribution is 0.0595. The molecule has 3 aromatic rings. The SMILES string of the molecule is CC(C)(C)OC(=O)Nc1cncc(-c2cncc(N(C(=O)OC(C)(C)C)c3cccc(F)c3)n2)c1. The molecule has 0 atom stereocenters. The number of anilines is 3. The van der Waals surface area contributed by atoms with Gasteiger partial charge in [0.2, 0.25) is 0 Å². The number of halogens is 1. The fraction of sp³-hybridized carbons (Fsp3) is 0.320. The first-order chi connectivity index (χ1) is 16.3. The predicted octanol–water partition coefficient (Wildman–Crippen LogP) is 6.10. The monoisotopic (exact) mass is 481 g/mol. The Morgan fingerprint density at radius 1 is 0.914 bits per heavy atom. The predicted molar refractivity (Wildman–Crippen MR) is 130 cm³/mol. The molecule has 0 aliphatic rings. The summed E-state index contributed by atoms with van der Waals surface area (Å²) in [4.78, 5) is 39.2. The Morgan fingerprint density at radius 3 is 2.26 bits per heavy atom. The number of nitrogens with zero attached hydrogens (tertiary/aromatic N) is 4. The summed E-state index contributed by atoms with van der Waals surface area (Å²) in [5.41, 5.74) is 0.0577. The van der Waals surface area contributed by atoms with Crippen LogP contribution >= 0.6 is 0 Å². The van der Waals surface area contributed by atoms with Gasteiger partial charge in [-0.05, 0) is 65.8 Å². The summed E-state index contributed by atoms with van der Waals surface area (Å²) in [5, 5.41) is 2.62. The third-order valence-corrected chi connectivity index (χ3v) is 4.17. The van der Waals surface area contributed by atoms with E-state index in [1.807, 2.05) is 0 Å². The lowest BCUT2D eigenvalue weighted by atomic mass is 10.2. The second-order valence-electron chi connectivity index (χ2n) is 9.65. The van der Waals surface area contributed by atoms with E-state index in [9.17, 15) is 14.0 Å². The summed E-state index contributed by atoms with van der Waals surface area (Å²) >= 11 is 0. The van der Waals surface area contributed by atoms with Gasteiger partial charge in [0.25, 0.3) is 0 Å². The van der Waals surface area contributed by atoms with E-state index in [2.05, 4.69) is 20.3 Å². The highest BCUT2D eigenvalue weighted by molar-refractivity contribution is 5.95. The van der Waals surface area contributed by atoms with Crippen LogP contribution in [-0.2, 0) is 9.47 Å². The largest absolute Gasteiger partial charge is 0.444 e. The molecule has 0 fully saturated rings. The highest BCUT2D eigenvalue weighted by Gasteiger charge is 2.27. The minimum absolute atomic E-state index is 0.118. The molecule has 3 rings (SSSR count). The second kappa shape index (κ2) is 10.0. The first-order valence-corrected chi connectivity index (χ1v) is 10.9. The molecule has 0 bridgehead atoms. The minimum Gasteiger partial charge on any atom is -0.444 e. The number of carbonyl (C=O) groups is 2. The maximum Gasteiger partial charge on any atom is 0.420 e. The maximum atomic E-state index is 14.0. The van der Waals surface area contributed by atoms with Crippen molar-refractivity contribution in [3.05, 3.63) is 60.9 Å². The summed E-state index contributed by atoms with van der Waals surface area (Å²) in [6.45, 7) is 10.5. The molecule has 0 radical (unpaired) electrons. The van der Waals surface area contributed by atoms with Crippen molar-refractivity contribution in [2.75, 3.05) is 10.2 Å². The van der Waals surface area contributed by atoms with Gasteiger partial charge >= 0.3 is 12.2 Å². The van der Waals surface area contributed by atoms with E-state index in [1.165, 1.54) is 43.0 Å². The highest BCUT2D eigenvalue weighted by Crippen LogP contribution is 2.29. The summed E-state index contributed by atoms with van der Waals surface area (Å²) in [6, 6.07) is 7.16. The van der Waals surface area contributed by atoms with Crippen molar-refractivity contribution in [3.8, 4) is 11.3 Å².